The molecule has 1 atom stereocenters. The molecule has 1 aromatic carbocycles. The van der Waals surface area contributed by atoms with Crippen LogP contribution in [0.2, 0.25) is 0 Å². The molecule has 19 heavy (non-hydrogen) atoms. The van der Waals surface area contributed by atoms with Gasteiger partial charge in [0.2, 0.25) is 0 Å². The zero-order chi connectivity index (χ0) is 14.7. The molecule has 1 unspecified atom stereocenters. The van der Waals surface area contributed by atoms with E-state index in [1.165, 1.54) is 7.05 Å². The summed E-state index contributed by atoms with van der Waals surface area (Å²) >= 11 is 0. The molecule has 1 aromatic rings. The van der Waals surface area contributed by atoms with E-state index in [9.17, 15) is 19.3 Å². The van der Waals surface area contributed by atoms with Crippen LogP contribution in [0.3, 0.4) is 0 Å². The summed E-state index contributed by atoms with van der Waals surface area (Å²) in [5, 5.41) is 19.7. The van der Waals surface area contributed by atoms with Gasteiger partial charge in [-0.15, -0.1) is 0 Å². The van der Waals surface area contributed by atoms with E-state index in [4.69, 9.17) is 10.8 Å². The summed E-state index contributed by atoms with van der Waals surface area (Å²) < 4.78 is 13.3. The molecule has 0 aliphatic carbocycles. The van der Waals surface area contributed by atoms with E-state index in [1.54, 1.807) is 6.92 Å². The number of aliphatic hydroxyl groups excluding tert-OH is 1. The van der Waals surface area contributed by atoms with E-state index >= 15 is 0 Å². The van der Waals surface area contributed by atoms with E-state index in [0.29, 0.717) is 6.07 Å². The second kappa shape index (κ2) is 5.61. The number of nitrogens with two attached hydrogens (primary N) is 1. The van der Waals surface area contributed by atoms with Crippen LogP contribution in [-0.4, -0.2) is 40.5 Å². The zero-order valence-corrected chi connectivity index (χ0v) is 10.5. The minimum absolute atomic E-state index is 0.292. The first-order valence-electron chi connectivity index (χ1n) is 5.41. The largest absolute Gasteiger partial charge is 0.394 e. The van der Waals surface area contributed by atoms with Crippen LogP contribution in [0.25, 0.3) is 0 Å². The number of carbonyl (C=O) groups is 1. The smallest absolute Gasteiger partial charge is 0.295 e. The highest BCUT2D eigenvalue weighted by molar-refractivity contribution is 6.01. The second-order valence-electron chi connectivity index (χ2n) is 4.09. The fourth-order valence-corrected chi connectivity index (χ4v) is 1.44. The molecule has 0 saturated heterocycles. The molecule has 1 rings (SSSR count). The highest BCUT2D eigenvalue weighted by atomic mass is 19.1. The number of benzene rings is 1. The first-order chi connectivity index (χ1) is 8.79. The van der Waals surface area contributed by atoms with Crippen LogP contribution in [0, 0.1) is 15.9 Å². The van der Waals surface area contributed by atoms with Gasteiger partial charge in [-0.05, 0) is 13.0 Å². The molecule has 7 nitrogen and oxygen atoms in total. The van der Waals surface area contributed by atoms with Crippen molar-refractivity contribution in [2.24, 2.45) is 0 Å². The average Bonchev–Trinajstić information content (AvgIpc) is 2.37. The van der Waals surface area contributed by atoms with E-state index in [1.807, 2.05) is 0 Å². The Kier molecular flexibility index (Phi) is 4.38. The fraction of sp³-hybridized carbons (Fsp3) is 0.364. The maximum atomic E-state index is 13.3. The molecule has 8 heteroatoms. The van der Waals surface area contributed by atoms with Crippen LogP contribution < -0.4 is 5.73 Å². The minimum Gasteiger partial charge on any atom is -0.394 e. The first kappa shape index (κ1) is 14.8. The molecule has 104 valence electrons. The molecular weight excluding hydrogens is 257 g/mol. The summed E-state index contributed by atoms with van der Waals surface area (Å²) in [6.45, 7) is 1.28. The number of anilines is 1. The number of aliphatic hydroxyl groups is 1. The van der Waals surface area contributed by atoms with Crippen molar-refractivity contribution in [1.82, 2.24) is 4.90 Å². The zero-order valence-electron chi connectivity index (χ0n) is 10.5. The normalized spacial score (nSPS) is 12.0. The molecule has 0 heterocycles. The Morgan fingerprint density at radius 2 is 2.21 bits per heavy atom. The molecule has 0 bridgehead atoms. The summed E-state index contributed by atoms with van der Waals surface area (Å²) in [7, 11) is 1.39. The van der Waals surface area contributed by atoms with Gasteiger partial charge in [0.1, 0.15) is 11.5 Å². The Bertz CT molecular complexity index is 521. The third-order valence-corrected chi connectivity index (χ3v) is 2.80. The van der Waals surface area contributed by atoms with Crippen LogP contribution in [0.4, 0.5) is 15.8 Å². The molecule has 0 radical (unpaired) electrons. The quantitative estimate of drug-likeness (QED) is 0.477. The lowest BCUT2D eigenvalue weighted by atomic mass is 10.1. The molecule has 0 spiro atoms. The van der Waals surface area contributed by atoms with E-state index in [0.717, 1.165) is 11.0 Å². The number of rotatable bonds is 4. The van der Waals surface area contributed by atoms with Gasteiger partial charge in [0.05, 0.1) is 29.2 Å². The van der Waals surface area contributed by atoms with Gasteiger partial charge in [-0.2, -0.15) is 0 Å². The van der Waals surface area contributed by atoms with Gasteiger partial charge in [0, 0.05) is 7.05 Å². The predicted molar refractivity (Wildman–Crippen MR) is 66.1 cm³/mol. The fourth-order valence-electron chi connectivity index (χ4n) is 1.44. The highest BCUT2D eigenvalue weighted by Crippen LogP contribution is 2.27. The number of amides is 1. The Hall–Kier alpha value is -2.22. The summed E-state index contributed by atoms with van der Waals surface area (Å²) in [6, 6.07) is 0.974. The van der Waals surface area contributed by atoms with Gasteiger partial charge in [-0.1, -0.05) is 0 Å². The molecule has 0 saturated carbocycles. The number of nitro groups is 1. The number of nitro benzene ring substituents is 1. The van der Waals surface area contributed by atoms with Crippen LogP contribution >= 0.6 is 0 Å². The number of hydrogen-bond donors (Lipinski definition) is 2. The lowest BCUT2D eigenvalue weighted by Gasteiger charge is -2.23. The van der Waals surface area contributed by atoms with E-state index in [-0.39, 0.29) is 12.2 Å². The van der Waals surface area contributed by atoms with Crippen molar-refractivity contribution in [3.05, 3.63) is 33.6 Å². The van der Waals surface area contributed by atoms with Crippen molar-refractivity contribution >= 4 is 17.3 Å². The third kappa shape index (κ3) is 2.97. The lowest BCUT2D eigenvalue weighted by Crippen LogP contribution is -2.37. The monoisotopic (exact) mass is 271 g/mol. The molecule has 1 amide bonds. The summed E-state index contributed by atoms with van der Waals surface area (Å²) in [4.78, 5) is 23.0. The van der Waals surface area contributed by atoms with Crippen molar-refractivity contribution in [1.29, 1.82) is 0 Å². The lowest BCUT2D eigenvalue weighted by molar-refractivity contribution is -0.384. The maximum Gasteiger partial charge on any atom is 0.295 e. The van der Waals surface area contributed by atoms with Crippen molar-refractivity contribution < 1.29 is 19.2 Å². The average molecular weight is 271 g/mol. The van der Waals surface area contributed by atoms with Crippen molar-refractivity contribution in [3.8, 4) is 0 Å². The first-order valence-corrected chi connectivity index (χ1v) is 5.41. The molecule has 0 aliphatic rings. The van der Waals surface area contributed by atoms with Crippen molar-refractivity contribution in [3.63, 3.8) is 0 Å². The van der Waals surface area contributed by atoms with Crippen LogP contribution in [0.5, 0.6) is 0 Å². The van der Waals surface area contributed by atoms with Crippen molar-refractivity contribution in [2.45, 2.75) is 13.0 Å². The number of likely N-dealkylation sites (N-methyl/N-ethyl adjacent to an activating group) is 1. The predicted octanol–water partition coefficient (Wildman–Crippen LogP) is 0.769. The number of carbonyl (C=O) groups excluding carboxylic acids is 1. The van der Waals surface area contributed by atoms with Crippen LogP contribution in [-0.2, 0) is 0 Å². The number of nitrogens with zero attached hydrogens (tertiary/aromatic N) is 2. The molecule has 3 N–H and O–H groups in total. The van der Waals surface area contributed by atoms with Gasteiger partial charge in [-0.25, -0.2) is 4.39 Å². The molecule has 0 aliphatic heterocycles. The van der Waals surface area contributed by atoms with Crippen molar-refractivity contribution in [2.75, 3.05) is 19.4 Å². The molecule has 0 aromatic heterocycles. The van der Waals surface area contributed by atoms with Crippen LogP contribution in [0.1, 0.15) is 17.3 Å². The standard InChI is InChI=1S/C11H14FN3O4/c1-6(5-16)14(2)11(17)8-3-7(12)4-9(10(8)13)15(18)19/h3-4,6,16H,5,13H2,1-2H3. The van der Waals surface area contributed by atoms with E-state index < -0.39 is 34.1 Å². The Morgan fingerprint density at radius 1 is 1.63 bits per heavy atom. The second-order valence-corrected chi connectivity index (χ2v) is 4.09. The number of halogens is 1. The Balaban J connectivity index is 3.27. The van der Waals surface area contributed by atoms with Crippen LogP contribution in [0.15, 0.2) is 12.1 Å². The number of hydrogen-bond acceptors (Lipinski definition) is 5. The van der Waals surface area contributed by atoms with E-state index in [2.05, 4.69) is 0 Å². The summed E-state index contributed by atoms with van der Waals surface area (Å²) in [5.74, 6) is -1.61. The van der Waals surface area contributed by atoms with Gasteiger partial charge >= 0.3 is 0 Å². The van der Waals surface area contributed by atoms with Gasteiger partial charge in [0.25, 0.3) is 11.6 Å². The minimum atomic E-state index is -0.922. The summed E-state index contributed by atoms with van der Waals surface area (Å²) in [6.07, 6.45) is 0. The Morgan fingerprint density at radius 3 is 2.68 bits per heavy atom. The molecule has 0 fully saturated rings. The summed E-state index contributed by atoms with van der Waals surface area (Å²) in [5.41, 5.74) is 4.16. The Labute approximate surface area is 108 Å². The maximum absolute atomic E-state index is 13.3. The third-order valence-electron chi connectivity index (χ3n) is 2.80. The SMILES string of the molecule is CC(CO)N(C)C(=O)c1cc(F)cc([N+](=O)[O-])c1N. The van der Waals surface area contributed by atoms with Gasteiger partial charge in [-0.3, -0.25) is 14.9 Å². The topological polar surface area (TPSA) is 110 Å². The number of nitrogen functional groups attached to an aromatic ring is 1. The van der Waals surface area contributed by atoms with Gasteiger partial charge < -0.3 is 15.7 Å². The highest BCUT2D eigenvalue weighted by Gasteiger charge is 2.25. The van der Waals surface area contributed by atoms with Gasteiger partial charge in [0.15, 0.2) is 0 Å². The molecular formula is C11H14FN3O4.